The normalized spacial score (nSPS) is 20.1. The van der Waals surface area contributed by atoms with Crippen molar-refractivity contribution in [3.8, 4) is 36.5 Å². The molecule has 0 amide bonds. The first-order valence-corrected chi connectivity index (χ1v) is 22.4. The number of hydrogen-bond donors (Lipinski definition) is 1. The Morgan fingerprint density at radius 3 is 1.98 bits per heavy atom. The third-order valence-corrected chi connectivity index (χ3v) is 20.9. The molecular formula is C38H57BrO5Si2. The average Bonchev–Trinajstić information content (AvgIpc) is 3.49. The van der Waals surface area contributed by atoms with Gasteiger partial charge in [-0.2, -0.15) is 0 Å². The molecule has 5 atom stereocenters. The highest BCUT2D eigenvalue weighted by Crippen LogP contribution is 2.40. The number of aliphatic hydroxyl groups is 1. The van der Waals surface area contributed by atoms with Crippen molar-refractivity contribution >= 4 is 32.6 Å². The van der Waals surface area contributed by atoms with Gasteiger partial charge in [-0.3, -0.25) is 0 Å². The summed E-state index contributed by atoms with van der Waals surface area (Å²) in [4.78, 5) is 0. The molecule has 1 fully saturated rings. The highest BCUT2D eigenvalue weighted by Gasteiger charge is 2.52. The Bertz CT molecular complexity index is 1320. The number of aryl methyl sites for hydroxylation is 3. The summed E-state index contributed by atoms with van der Waals surface area (Å²) in [5.74, 6) is 11.8. The number of benzene rings is 1. The SMILES string of the molecule is C#CC[C@@H](/C=C(\Br)C#C[C@](O)([C@@H]1CO[C@@H](c2c(C)cc(C)cc2C)O1)[C@@H](C#C)O[Si](CC)(CC)C(C)C)O[Si](CC)(CC)C(C)C. The lowest BCUT2D eigenvalue weighted by molar-refractivity contribution is -0.123. The largest absolute Gasteiger partial charge is 0.409 e. The minimum atomic E-state index is -2.34. The van der Waals surface area contributed by atoms with Gasteiger partial charge in [-0.25, -0.2) is 0 Å². The van der Waals surface area contributed by atoms with Crippen molar-refractivity contribution in [3.63, 3.8) is 0 Å². The summed E-state index contributed by atoms with van der Waals surface area (Å²) in [5, 5.41) is 12.5. The van der Waals surface area contributed by atoms with Crippen LogP contribution in [-0.4, -0.2) is 52.3 Å². The molecule has 0 bridgehead atoms. The summed E-state index contributed by atoms with van der Waals surface area (Å²) in [6.45, 7) is 23.7. The van der Waals surface area contributed by atoms with Crippen molar-refractivity contribution < 1.29 is 23.4 Å². The lowest BCUT2D eigenvalue weighted by Crippen LogP contribution is -2.57. The molecule has 0 aliphatic carbocycles. The van der Waals surface area contributed by atoms with E-state index in [9.17, 15) is 5.11 Å². The third-order valence-electron chi connectivity index (χ3n) is 9.97. The molecular weight excluding hydrogens is 672 g/mol. The molecule has 8 heteroatoms. The Kier molecular flexibility index (Phi) is 15.6. The van der Waals surface area contributed by atoms with E-state index in [1.165, 1.54) is 5.56 Å². The van der Waals surface area contributed by atoms with E-state index in [1.54, 1.807) is 0 Å². The van der Waals surface area contributed by atoms with Crippen LogP contribution in [-0.2, 0) is 18.3 Å². The Labute approximate surface area is 291 Å². The van der Waals surface area contributed by atoms with E-state index < -0.39 is 40.7 Å². The van der Waals surface area contributed by atoms with Crippen molar-refractivity contribution in [2.45, 2.75) is 148 Å². The Hall–Kier alpha value is -1.65. The first kappa shape index (κ1) is 40.5. The minimum absolute atomic E-state index is 0.109. The smallest absolute Gasteiger partial charge is 0.196 e. The third kappa shape index (κ3) is 9.28. The molecule has 1 aliphatic heterocycles. The second-order valence-corrected chi connectivity index (χ2v) is 24.0. The van der Waals surface area contributed by atoms with E-state index in [0.717, 1.165) is 40.9 Å². The first-order valence-electron chi connectivity index (χ1n) is 16.8. The minimum Gasteiger partial charge on any atom is -0.409 e. The number of ether oxygens (including phenoxy) is 2. The molecule has 254 valence electrons. The summed E-state index contributed by atoms with van der Waals surface area (Å²) in [6.07, 6.45) is 11.4. The maximum absolute atomic E-state index is 12.5. The van der Waals surface area contributed by atoms with Crippen LogP contribution in [0.5, 0.6) is 0 Å². The molecule has 5 nitrogen and oxygen atoms in total. The molecule has 1 aromatic carbocycles. The van der Waals surface area contributed by atoms with Gasteiger partial charge in [0.1, 0.15) is 12.2 Å². The van der Waals surface area contributed by atoms with Crippen molar-refractivity contribution in [1.29, 1.82) is 0 Å². The fourth-order valence-corrected chi connectivity index (χ4v) is 14.1. The molecule has 0 spiro atoms. The number of terminal acetylenes is 2. The monoisotopic (exact) mass is 728 g/mol. The average molecular weight is 730 g/mol. The van der Waals surface area contributed by atoms with Crippen molar-refractivity contribution in [2.75, 3.05) is 6.61 Å². The van der Waals surface area contributed by atoms with Crippen LogP contribution < -0.4 is 0 Å². The van der Waals surface area contributed by atoms with E-state index in [4.69, 9.17) is 31.2 Å². The van der Waals surface area contributed by atoms with Gasteiger partial charge in [0.25, 0.3) is 0 Å². The second kappa shape index (κ2) is 17.7. The lowest BCUT2D eigenvalue weighted by atomic mass is 9.91. The fraction of sp³-hybridized carbons (Fsp3) is 0.632. The quantitative estimate of drug-likeness (QED) is 0.144. The molecule has 0 unspecified atom stereocenters. The molecule has 46 heavy (non-hydrogen) atoms. The first-order chi connectivity index (χ1) is 21.6. The van der Waals surface area contributed by atoms with Crippen molar-refractivity contribution in [3.05, 3.63) is 44.9 Å². The molecule has 0 aromatic heterocycles. The predicted molar refractivity (Wildman–Crippen MR) is 200 cm³/mol. The molecule has 0 radical (unpaired) electrons. The van der Waals surface area contributed by atoms with Crippen LogP contribution in [0.2, 0.25) is 35.3 Å². The molecule has 1 saturated heterocycles. The summed E-state index contributed by atoms with van der Waals surface area (Å²) in [5.41, 5.74) is 3.13. The zero-order chi connectivity index (χ0) is 34.9. The van der Waals surface area contributed by atoms with Gasteiger partial charge in [0, 0.05) is 12.0 Å². The van der Waals surface area contributed by atoms with Crippen LogP contribution >= 0.6 is 15.9 Å². The molecule has 1 N–H and O–H groups in total. The molecule has 1 aliphatic rings. The van der Waals surface area contributed by atoms with Crippen LogP contribution in [0.25, 0.3) is 0 Å². The van der Waals surface area contributed by atoms with Gasteiger partial charge in [-0.05, 0) is 89.2 Å². The second-order valence-electron chi connectivity index (χ2n) is 13.3. The Balaban J connectivity index is 2.62. The maximum Gasteiger partial charge on any atom is 0.196 e. The van der Waals surface area contributed by atoms with Gasteiger partial charge in [0.2, 0.25) is 0 Å². The van der Waals surface area contributed by atoms with E-state index in [1.807, 2.05) is 19.9 Å². The zero-order valence-electron chi connectivity index (χ0n) is 30.1. The van der Waals surface area contributed by atoms with Gasteiger partial charge >= 0.3 is 0 Å². The molecule has 2 rings (SSSR count). The van der Waals surface area contributed by atoms with Gasteiger partial charge in [0.15, 0.2) is 28.5 Å². The highest BCUT2D eigenvalue weighted by molar-refractivity contribution is 9.12. The number of hydrogen-bond acceptors (Lipinski definition) is 5. The van der Waals surface area contributed by atoms with E-state index >= 15 is 0 Å². The van der Waals surface area contributed by atoms with Crippen molar-refractivity contribution in [2.24, 2.45) is 0 Å². The van der Waals surface area contributed by atoms with E-state index in [-0.39, 0.29) is 18.3 Å². The molecule has 0 saturated carbocycles. The van der Waals surface area contributed by atoms with Crippen LogP contribution in [0.15, 0.2) is 22.7 Å². The van der Waals surface area contributed by atoms with Gasteiger partial charge < -0.3 is 23.4 Å². The molecule has 1 heterocycles. The molecule has 1 aromatic rings. The Morgan fingerprint density at radius 1 is 1.00 bits per heavy atom. The lowest BCUT2D eigenvalue weighted by Gasteiger charge is -2.41. The standard InChI is InChI=1S/C38H57BrO5Si2/c1-14-20-33(43-45(16-3,17-4)27(7)8)25-32(39)21-22-38(40,34(15-2)44-46(18-5,19-6)28(9)10)35-26-41-37(42-35)36-30(12)23-29(11)24-31(36)13/h1-2,23-25,27-28,33-35,37,40H,16-20,26H2,3-13H3/b32-25-/t33-,34+,35-,37+,38+/m0/s1. The topological polar surface area (TPSA) is 57.2 Å². The van der Waals surface area contributed by atoms with E-state index in [0.29, 0.717) is 16.4 Å². The highest BCUT2D eigenvalue weighted by atomic mass is 79.9. The maximum atomic E-state index is 12.5. The summed E-state index contributed by atoms with van der Waals surface area (Å²) in [6, 6.07) is 7.93. The summed E-state index contributed by atoms with van der Waals surface area (Å²) >= 11 is 3.64. The van der Waals surface area contributed by atoms with Gasteiger partial charge in [0.05, 0.1) is 17.2 Å². The van der Waals surface area contributed by atoms with E-state index in [2.05, 4.69) is 114 Å². The Morgan fingerprint density at radius 2 is 1.52 bits per heavy atom. The number of allylic oxidation sites excluding steroid dienone is 1. The zero-order valence-corrected chi connectivity index (χ0v) is 33.6. The van der Waals surface area contributed by atoms with Crippen LogP contribution in [0.4, 0.5) is 0 Å². The van der Waals surface area contributed by atoms with Crippen LogP contribution in [0.3, 0.4) is 0 Å². The van der Waals surface area contributed by atoms with Crippen LogP contribution in [0, 0.1) is 57.3 Å². The van der Waals surface area contributed by atoms with Gasteiger partial charge in [-0.15, -0.1) is 18.8 Å². The van der Waals surface area contributed by atoms with Gasteiger partial charge in [-0.1, -0.05) is 90.8 Å². The predicted octanol–water partition coefficient (Wildman–Crippen LogP) is 9.26. The fourth-order valence-electron chi connectivity index (χ4n) is 6.80. The number of halogens is 1. The van der Waals surface area contributed by atoms with Crippen molar-refractivity contribution in [1.82, 2.24) is 0 Å². The summed E-state index contributed by atoms with van der Waals surface area (Å²) in [7, 11) is -4.37. The number of rotatable bonds is 15. The summed E-state index contributed by atoms with van der Waals surface area (Å²) < 4.78 is 26.9. The van der Waals surface area contributed by atoms with Crippen LogP contribution in [0.1, 0.15) is 90.4 Å².